The highest BCUT2D eigenvalue weighted by atomic mass is 16.5. The van der Waals surface area contributed by atoms with Gasteiger partial charge in [-0.3, -0.25) is 0 Å². The summed E-state index contributed by atoms with van der Waals surface area (Å²) in [6.07, 6.45) is 10.9. The lowest BCUT2D eigenvalue weighted by Crippen LogP contribution is -2.67. The minimum absolute atomic E-state index is 0.436. The molecule has 0 unspecified atom stereocenters. The summed E-state index contributed by atoms with van der Waals surface area (Å²) in [4.78, 5) is 0. The normalized spacial score (nSPS) is 35.4. The Bertz CT molecular complexity index is 563. The molecule has 2 aliphatic carbocycles. The fourth-order valence-electron chi connectivity index (χ4n) is 5.71. The minimum Gasteiger partial charge on any atom is -0.377 e. The highest BCUT2D eigenvalue weighted by Crippen LogP contribution is 2.60. The van der Waals surface area contributed by atoms with Crippen LogP contribution in [0.15, 0.2) is 0 Å². The second kappa shape index (κ2) is 5.03. The number of aromatic nitrogens is 3. The monoisotopic (exact) mass is 302 g/mol. The topological polar surface area (TPSA) is 52.0 Å². The zero-order valence-corrected chi connectivity index (χ0v) is 13.3. The van der Waals surface area contributed by atoms with Gasteiger partial charge in [0.2, 0.25) is 0 Å². The molecule has 1 saturated heterocycles. The van der Waals surface area contributed by atoms with Crippen molar-refractivity contribution in [2.24, 2.45) is 11.3 Å². The van der Waals surface area contributed by atoms with Gasteiger partial charge >= 0.3 is 0 Å². The predicted molar refractivity (Wildman–Crippen MR) is 82.3 cm³/mol. The molecule has 1 spiro atoms. The van der Waals surface area contributed by atoms with Gasteiger partial charge in [-0.05, 0) is 32.1 Å². The summed E-state index contributed by atoms with van der Waals surface area (Å²) in [5.41, 5.74) is 0.436. The van der Waals surface area contributed by atoms with Crippen molar-refractivity contribution in [2.45, 2.75) is 76.6 Å². The van der Waals surface area contributed by atoms with E-state index in [0.717, 1.165) is 37.9 Å². The lowest BCUT2D eigenvalue weighted by molar-refractivity contribution is -0.131. The van der Waals surface area contributed by atoms with Gasteiger partial charge in [-0.25, -0.2) is 0 Å². The maximum absolute atomic E-state index is 6.07. The number of ether oxygens (including phenoxy) is 1. The Morgan fingerprint density at radius 3 is 3.00 bits per heavy atom. The van der Waals surface area contributed by atoms with Crippen LogP contribution in [-0.4, -0.2) is 33.5 Å². The van der Waals surface area contributed by atoms with E-state index < -0.39 is 0 Å². The zero-order valence-electron chi connectivity index (χ0n) is 13.3. The van der Waals surface area contributed by atoms with Gasteiger partial charge in [-0.15, -0.1) is 10.2 Å². The van der Waals surface area contributed by atoms with Gasteiger partial charge in [0.1, 0.15) is 11.6 Å². The third-order valence-electron chi connectivity index (χ3n) is 6.70. The minimum atomic E-state index is 0.436. The number of hydrogen-bond donors (Lipinski definition) is 1. The zero-order chi connectivity index (χ0) is 14.6. The first-order chi connectivity index (χ1) is 10.9. The number of aryl methyl sites for hydroxylation is 1. The third kappa shape index (κ3) is 1.78. The van der Waals surface area contributed by atoms with Crippen LogP contribution in [-0.2, 0) is 24.2 Å². The van der Waals surface area contributed by atoms with Crippen LogP contribution in [0.25, 0.3) is 0 Å². The maximum Gasteiger partial charge on any atom is 0.147 e. The number of nitrogens with one attached hydrogen (secondary N) is 1. The third-order valence-corrected chi connectivity index (χ3v) is 6.70. The van der Waals surface area contributed by atoms with Crippen molar-refractivity contribution < 1.29 is 4.74 Å². The number of hydrogen-bond acceptors (Lipinski definition) is 4. The van der Waals surface area contributed by atoms with Crippen molar-refractivity contribution in [3.63, 3.8) is 0 Å². The van der Waals surface area contributed by atoms with Gasteiger partial charge in [-0.1, -0.05) is 12.8 Å². The van der Waals surface area contributed by atoms with Gasteiger partial charge in [0.25, 0.3) is 0 Å². The Balaban J connectivity index is 1.32. The highest BCUT2D eigenvalue weighted by molar-refractivity contribution is 5.17. The lowest BCUT2D eigenvalue weighted by atomic mass is 9.54. The molecule has 1 N–H and O–H groups in total. The molecule has 0 bridgehead atoms. The molecule has 2 aliphatic heterocycles. The van der Waals surface area contributed by atoms with Crippen molar-refractivity contribution in [1.29, 1.82) is 0 Å². The quantitative estimate of drug-likeness (QED) is 0.928. The molecule has 2 saturated carbocycles. The molecule has 0 radical (unpaired) electrons. The molecule has 1 aromatic heterocycles. The molecule has 3 atom stereocenters. The van der Waals surface area contributed by atoms with E-state index in [0.29, 0.717) is 17.6 Å². The summed E-state index contributed by atoms with van der Waals surface area (Å²) in [6.45, 7) is 2.95. The molecule has 3 fully saturated rings. The molecule has 4 aliphatic rings. The second-order valence-electron chi connectivity index (χ2n) is 7.68. The summed E-state index contributed by atoms with van der Waals surface area (Å²) in [5, 5.41) is 12.7. The number of nitrogens with zero attached hydrogens (tertiary/aromatic N) is 3. The molecular formula is C17H26N4O. The molecule has 1 aromatic rings. The van der Waals surface area contributed by atoms with Gasteiger partial charge in [0.05, 0.1) is 12.6 Å². The maximum atomic E-state index is 6.07. The van der Waals surface area contributed by atoms with Crippen LogP contribution in [0.4, 0.5) is 0 Å². The van der Waals surface area contributed by atoms with Crippen molar-refractivity contribution in [3.05, 3.63) is 11.6 Å². The van der Waals surface area contributed by atoms with Gasteiger partial charge < -0.3 is 14.6 Å². The van der Waals surface area contributed by atoms with Crippen molar-refractivity contribution in [2.75, 3.05) is 6.61 Å². The Hall–Kier alpha value is -0.940. The van der Waals surface area contributed by atoms with Crippen LogP contribution in [0, 0.1) is 11.3 Å². The van der Waals surface area contributed by atoms with E-state index >= 15 is 0 Å². The Morgan fingerprint density at radius 2 is 2.09 bits per heavy atom. The molecule has 120 valence electrons. The van der Waals surface area contributed by atoms with E-state index in [-0.39, 0.29) is 0 Å². The fraction of sp³-hybridized carbons (Fsp3) is 0.882. The second-order valence-corrected chi connectivity index (χ2v) is 7.68. The first-order valence-corrected chi connectivity index (χ1v) is 9.14. The van der Waals surface area contributed by atoms with Crippen LogP contribution in [0.5, 0.6) is 0 Å². The van der Waals surface area contributed by atoms with Gasteiger partial charge in [0.15, 0.2) is 0 Å². The van der Waals surface area contributed by atoms with E-state index in [1.54, 1.807) is 0 Å². The molecule has 0 amide bonds. The Labute approximate surface area is 131 Å². The molecule has 5 heteroatoms. The van der Waals surface area contributed by atoms with Crippen molar-refractivity contribution >= 4 is 0 Å². The Kier molecular flexibility index (Phi) is 3.09. The SMILES string of the molecule is C1CCn2c(nnc2CN[C@@H]2[C@H]3CCO[C@H]3C23CCCC3)C1. The highest BCUT2D eigenvalue weighted by Gasteiger charge is 2.64. The molecule has 5 rings (SSSR count). The molecule has 5 nitrogen and oxygen atoms in total. The largest absolute Gasteiger partial charge is 0.377 e. The predicted octanol–water partition coefficient (Wildman–Crippen LogP) is 2.05. The summed E-state index contributed by atoms with van der Waals surface area (Å²) in [5.74, 6) is 3.07. The molecule has 3 heterocycles. The number of rotatable bonds is 3. The summed E-state index contributed by atoms with van der Waals surface area (Å²) in [6, 6.07) is 0.638. The van der Waals surface area contributed by atoms with E-state index in [2.05, 4.69) is 20.1 Å². The summed E-state index contributed by atoms with van der Waals surface area (Å²) < 4.78 is 8.42. The van der Waals surface area contributed by atoms with Crippen molar-refractivity contribution in [3.8, 4) is 0 Å². The first kappa shape index (κ1) is 13.5. The smallest absolute Gasteiger partial charge is 0.147 e. The fourth-order valence-corrected chi connectivity index (χ4v) is 5.71. The molecule has 0 aromatic carbocycles. The van der Waals surface area contributed by atoms with Crippen LogP contribution < -0.4 is 5.32 Å². The van der Waals surface area contributed by atoms with Gasteiger partial charge in [-0.2, -0.15) is 0 Å². The van der Waals surface area contributed by atoms with Crippen LogP contribution in [0.1, 0.15) is 56.6 Å². The standard InChI is InChI=1S/C17H26N4O/c1-4-9-21-13(5-1)19-20-14(21)11-18-15-12-6-10-22-16(12)17(15)7-2-3-8-17/h12,15-16,18H,1-11H2/t12-,15-,16-/m1/s1. The van der Waals surface area contributed by atoms with E-state index in [1.165, 1.54) is 50.8 Å². The summed E-state index contributed by atoms with van der Waals surface area (Å²) >= 11 is 0. The summed E-state index contributed by atoms with van der Waals surface area (Å²) in [7, 11) is 0. The molecular weight excluding hydrogens is 276 g/mol. The Morgan fingerprint density at radius 1 is 1.18 bits per heavy atom. The van der Waals surface area contributed by atoms with E-state index in [4.69, 9.17) is 4.74 Å². The number of fused-ring (bicyclic) bond motifs is 3. The van der Waals surface area contributed by atoms with Gasteiger partial charge in [0, 0.05) is 36.9 Å². The average Bonchev–Trinajstić information content (AvgIpc) is 3.26. The average molecular weight is 302 g/mol. The van der Waals surface area contributed by atoms with E-state index in [9.17, 15) is 0 Å². The lowest BCUT2D eigenvalue weighted by Gasteiger charge is -2.57. The first-order valence-electron chi connectivity index (χ1n) is 9.14. The van der Waals surface area contributed by atoms with Crippen molar-refractivity contribution in [1.82, 2.24) is 20.1 Å². The molecule has 22 heavy (non-hydrogen) atoms. The van der Waals surface area contributed by atoms with Crippen LogP contribution >= 0.6 is 0 Å². The van der Waals surface area contributed by atoms with Crippen LogP contribution in [0.2, 0.25) is 0 Å². The van der Waals surface area contributed by atoms with E-state index in [1.807, 2.05) is 0 Å². The van der Waals surface area contributed by atoms with Crippen LogP contribution in [0.3, 0.4) is 0 Å².